The minimum Gasteiger partial charge on any atom is -0.390 e. The summed E-state index contributed by atoms with van der Waals surface area (Å²) in [6.45, 7) is 0.621. The van der Waals surface area contributed by atoms with Gasteiger partial charge in [-0.25, -0.2) is 10.1 Å². The van der Waals surface area contributed by atoms with Crippen LogP contribution in [0.25, 0.3) is 0 Å². The van der Waals surface area contributed by atoms with Gasteiger partial charge in [-0.05, 0) is 31.2 Å². The Kier molecular flexibility index (Phi) is 7.28. The first-order valence-electron chi connectivity index (χ1n) is 10.1. The zero-order valence-electron chi connectivity index (χ0n) is 16.6. The largest absolute Gasteiger partial charge is 0.390 e. The van der Waals surface area contributed by atoms with Crippen molar-refractivity contribution >= 4 is 22.1 Å². The van der Waals surface area contributed by atoms with Crippen LogP contribution in [-0.2, 0) is 14.5 Å². The SMILES string of the molecule is CN(CC1CCCCC1)c1nccc(N[C@@H]2C[C@H](COS(N)(=O)=O)[C@@H](O)[C@H]2O)n1. The molecule has 2 aliphatic rings. The van der Waals surface area contributed by atoms with Gasteiger partial charge in [-0.2, -0.15) is 13.4 Å². The molecule has 10 nitrogen and oxygen atoms in total. The lowest BCUT2D eigenvalue weighted by molar-refractivity contribution is 0.00778. The standard InChI is InChI=1S/C18H31N5O5S/c1-23(10-12-5-3-2-4-6-12)18-20-8-7-15(22-18)21-14-9-13(16(24)17(14)25)11-28-29(19,26)27/h7-8,12-14,16-17,24-25H,2-6,9-11H2,1H3,(H2,19,26,27)(H,20,21,22)/t13-,14-,16-,17+/m1/s1. The summed E-state index contributed by atoms with van der Waals surface area (Å²) in [4.78, 5) is 10.9. The summed E-state index contributed by atoms with van der Waals surface area (Å²) in [6, 6.07) is 1.20. The van der Waals surface area contributed by atoms with Gasteiger partial charge in [0.05, 0.1) is 18.8 Å². The summed E-state index contributed by atoms with van der Waals surface area (Å²) in [5.41, 5.74) is 0. The van der Waals surface area contributed by atoms with E-state index >= 15 is 0 Å². The Labute approximate surface area is 171 Å². The van der Waals surface area contributed by atoms with E-state index in [1.54, 1.807) is 12.3 Å². The van der Waals surface area contributed by atoms with Crippen LogP contribution >= 0.6 is 0 Å². The second kappa shape index (κ2) is 9.52. The van der Waals surface area contributed by atoms with E-state index in [0.29, 0.717) is 24.1 Å². The van der Waals surface area contributed by atoms with Crippen LogP contribution in [-0.4, -0.2) is 67.0 Å². The molecule has 0 saturated heterocycles. The van der Waals surface area contributed by atoms with Crippen LogP contribution < -0.4 is 15.4 Å². The van der Waals surface area contributed by atoms with E-state index in [2.05, 4.69) is 19.5 Å². The van der Waals surface area contributed by atoms with Crippen molar-refractivity contribution in [3.05, 3.63) is 12.3 Å². The number of rotatable bonds is 8. The van der Waals surface area contributed by atoms with Gasteiger partial charge in [-0.1, -0.05) is 19.3 Å². The lowest BCUT2D eigenvalue weighted by Crippen LogP contribution is -2.36. The molecule has 1 aromatic heterocycles. The summed E-state index contributed by atoms with van der Waals surface area (Å²) in [7, 11) is -2.12. The third kappa shape index (κ3) is 6.22. The number of nitrogens with one attached hydrogen (secondary N) is 1. The van der Waals surface area contributed by atoms with E-state index in [1.165, 1.54) is 32.1 Å². The van der Waals surface area contributed by atoms with Gasteiger partial charge in [-0.15, -0.1) is 0 Å². The average Bonchev–Trinajstić information content (AvgIpc) is 2.95. The number of anilines is 2. The van der Waals surface area contributed by atoms with Crippen LogP contribution in [0, 0.1) is 11.8 Å². The first kappa shape index (κ1) is 22.2. The van der Waals surface area contributed by atoms with Gasteiger partial charge < -0.3 is 20.4 Å². The fourth-order valence-electron chi connectivity index (χ4n) is 4.26. The van der Waals surface area contributed by atoms with Gasteiger partial charge in [-0.3, -0.25) is 4.18 Å². The van der Waals surface area contributed by atoms with Gasteiger partial charge in [0.25, 0.3) is 0 Å². The maximum absolute atomic E-state index is 11.0. The van der Waals surface area contributed by atoms with Crippen LogP contribution in [0.4, 0.5) is 11.8 Å². The van der Waals surface area contributed by atoms with Gasteiger partial charge in [0.1, 0.15) is 11.9 Å². The normalized spacial score (nSPS) is 28.4. The first-order valence-corrected chi connectivity index (χ1v) is 11.5. The fourth-order valence-corrected chi connectivity index (χ4v) is 4.62. The molecule has 0 bridgehead atoms. The van der Waals surface area contributed by atoms with Crippen molar-refractivity contribution in [3.8, 4) is 0 Å². The van der Waals surface area contributed by atoms with Gasteiger partial charge in [0.2, 0.25) is 5.95 Å². The first-order chi connectivity index (χ1) is 13.7. The van der Waals surface area contributed by atoms with Crippen molar-refractivity contribution in [1.82, 2.24) is 9.97 Å². The molecule has 2 fully saturated rings. The Balaban J connectivity index is 1.59. The Morgan fingerprint density at radius 2 is 2.00 bits per heavy atom. The zero-order valence-corrected chi connectivity index (χ0v) is 17.5. The summed E-state index contributed by atoms with van der Waals surface area (Å²) in [6.07, 6.45) is 6.10. The Morgan fingerprint density at radius 3 is 2.69 bits per heavy atom. The van der Waals surface area contributed by atoms with Crippen molar-refractivity contribution in [3.63, 3.8) is 0 Å². The maximum atomic E-state index is 11.0. The Bertz CT molecular complexity index is 774. The average molecular weight is 430 g/mol. The maximum Gasteiger partial charge on any atom is 0.333 e. The highest BCUT2D eigenvalue weighted by molar-refractivity contribution is 7.84. The predicted octanol–water partition coefficient (Wildman–Crippen LogP) is 0.235. The summed E-state index contributed by atoms with van der Waals surface area (Å²) in [5, 5.41) is 28.4. The molecule has 11 heteroatoms. The molecule has 0 amide bonds. The lowest BCUT2D eigenvalue weighted by atomic mass is 9.89. The van der Waals surface area contributed by atoms with E-state index in [0.717, 1.165) is 6.54 Å². The fraction of sp³-hybridized carbons (Fsp3) is 0.778. The summed E-state index contributed by atoms with van der Waals surface area (Å²) < 4.78 is 26.5. The molecule has 4 atom stereocenters. The van der Waals surface area contributed by atoms with Crippen LogP contribution in [0.5, 0.6) is 0 Å². The predicted molar refractivity (Wildman–Crippen MR) is 108 cm³/mol. The van der Waals surface area contributed by atoms with Crippen LogP contribution in [0.3, 0.4) is 0 Å². The molecule has 0 unspecified atom stereocenters. The Morgan fingerprint density at radius 1 is 1.28 bits per heavy atom. The molecule has 3 rings (SSSR count). The third-order valence-electron chi connectivity index (χ3n) is 5.82. The minimum absolute atomic E-state index is 0.283. The second-order valence-corrected chi connectivity index (χ2v) is 9.35. The second-order valence-electron chi connectivity index (χ2n) is 8.13. The van der Waals surface area contributed by atoms with Crippen molar-refractivity contribution in [2.45, 2.75) is 56.8 Å². The highest BCUT2D eigenvalue weighted by Crippen LogP contribution is 2.30. The molecule has 2 aliphatic carbocycles. The molecule has 29 heavy (non-hydrogen) atoms. The van der Waals surface area contributed by atoms with Crippen LogP contribution in [0.15, 0.2) is 12.3 Å². The molecular formula is C18H31N5O5S. The van der Waals surface area contributed by atoms with Crippen LogP contribution in [0.1, 0.15) is 38.5 Å². The highest BCUT2D eigenvalue weighted by atomic mass is 32.2. The van der Waals surface area contributed by atoms with E-state index < -0.39 is 34.5 Å². The number of aliphatic hydroxyl groups is 2. The van der Waals surface area contributed by atoms with Crippen molar-refractivity contribution < 1.29 is 22.8 Å². The molecule has 5 N–H and O–H groups in total. The molecule has 0 spiro atoms. The topological polar surface area (TPSA) is 151 Å². The highest BCUT2D eigenvalue weighted by Gasteiger charge is 2.42. The van der Waals surface area contributed by atoms with E-state index in [1.807, 2.05) is 11.9 Å². The van der Waals surface area contributed by atoms with Crippen LogP contribution in [0.2, 0.25) is 0 Å². The minimum atomic E-state index is -4.10. The zero-order chi connectivity index (χ0) is 21.0. The monoisotopic (exact) mass is 429 g/mol. The molecule has 2 saturated carbocycles. The molecule has 164 valence electrons. The molecule has 1 heterocycles. The van der Waals surface area contributed by atoms with Crippen molar-refractivity contribution in [2.24, 2.45) is 17.0 Å². The number of nitrogens with zero attached hydrogens (tertiary/aromatic N) is 3. The number of hydrogen-bond acceptors (Lipinski definition) is 9. The van der Waals surface area contributed by atoms with Crippen molar-refractivity contribution in [1.29, 1.82) is 0 Å². The molecule has 0 aliphatic heterocycles. The molecule has 0 aromatic carbocycles. The summed E-state index contributed by atoms with van der Waals surface area (Å²) >= 11 is 0. The van der Waals surface area contributed by atoms with Crippen molar-refractivity contribution in [2.75, 3.05) is 30.4 Å². The molecular weight excluding hydrogens is 398 g/mol. The van der Waals surface area contributed by atoms with Gasteiger partial charge in [0.15, 0.2) is 0 Å². The molecule has 0 radical (unpaired) electrons. The molecule has 1 aromatic rings. The number of aliphatic hydroxyl groups excluding tert-OH is 2. The number of nitrogens with two attached hydrogens (primary N) is 1. The van der Waals surface area contributed by atoms with Gasteiger partial charge in [0, 0.05) is 25.7 Å². The number of hydrogen-bond donors (Lipinski definition) is 4. The van der Waals surface area contributed by atoms with E-state index in [-0.39, 0.29) is 6.61 Å². The quantitative estimate of drug-likeness (QED) is 0.455. The van der Waals surface area contributed by atoms with E-state index in [4.69, 9.17) is 5.14 Å². The number of aromatic nitrogens is 2. The summed E-state index contributed by atoms with van der Waals surface area (Å²) in [5.74, 6) is 1.23. The lowest BCUT2D eigenvalue weighted by Gasteiger charge is -2.27. The van der Waals surface area contributed by atoms with Gasteiger partial charge >= 0.3 is 10.3 Å². The van der Waals surface area contributed by atoms with E-state index in [9.17, 15) is 18.6 Å². The third-order valence-corrected chi connectivity index (χ3v) is 6.29. The smallest absolute Gasteiger partial charge is 0.333 e. The Hall–Kier alpha value is -1.53.